The van der Waals surface area contributed by atoms with E-state index in [9.17, 15) is 14.9 Å². The fourth-order valence-electron chi connectivity index (χ4n) is 1.42. The smallest absolute Gasteiger partial charge is 0.401 e. The van der Waals surface area contributed by atoms with Crippen molar-refractivity contribution in [3.8, 4) is 11.3 Å². The van der Waals surface area contributed by atoms with E-state index in [4.69, 9.17) is 27.6 Å². The van der Waals surface area contributed by atoms with Crippen LogP contribution in [0.5, 0.6) is 0 Å². The zero-order valence-electron chi connectivity index (χ0n) is 8.72. The first-order chi connectivity index (χ1) is 8.52. The Labute approximate surface area is 111 Å². The minimum Gasteiger partial charge on any atom is -0.401 e. The fourth-order valence-corrected chi connectivity index (χ4v) is 1.94. The summed E-state index contributed by atoms with van der Waals surface area (Å²) >= 11 is 11.7. The Balaban J connectivity index is 2.55. The maximum atomic E-state index is 10.8. The zero-order chi connectivity index (χ0) is 13.3. The predicted molar refractivity (Wildman–Crippen MR) is 66.2 cm³/mol. The average molecular weight is 286 g/mol. The molecule has 0 saturated heterocycles. The van der Waals surface area contributed by atoms with Crippen LogP contribution < -0.4 is 0 Å². The van der Waals surface area contributed by atoms with Crippen LogP contribution in [0.1, 0.15) is 10.4 Å². The van der Waals surface area contributed by atoms with Gasteiger partial charge in [0.25, 0.3) is 0 Å². The van der Waals surface area contributed by atoms with Gasteiger partial charge < -0.3 is 4.42 Å². The van der Waals surface area contributed by atoms with E-state index in [0.29, 0.717) is 11.8 Å². The molecule has 1 heterocycles. The Kier molecular flexibility index (Phi) is 3.36. The van der Waals surface area contributed by atoms with E-state index in [-0.39, 0.29) is 21.4 Å². The van der Waals surface area contributed by atoms with Crippen molar-refractivity contribution in [3.63, 3.8) is 0 Å². The van der Waals surface area contributed by atoms with Crippen LogP contribution in [0.3, 0.4) is 0 Å². The first-order valence-corrected chi connectivity index (χ1v) is 5.47. The zero-order valence-corrected chi connectivity index (χ0v) is 10.2. The van der Waals surface area contributed by atoms with Gasteiger partial charge in [-0.25, -0.2) is 0 Å². The molecule has 0 fully saturated rings. The number of hydrogen-bond donors (Lipinski definition) is 0. The van der Waals surface area contributed by atoms with Gasteiger partial charge in [0.1, 0.15) is 10.7 Å². The second-order valence-electron chi connectivity index (χ2n) is 3.37. The average Bonchev–Trinajstić information content (AvgIpc) is 2.78. The van der Waals surface area contributed by atoms with Crippen LogP contribution in [-0.2, 0) is 0 Å². The second kappa shape index (κ2) is 4.80. The fraction of sp³-hybridized carbons (Fsp3) is 0. The van der Waals surface area contributed by atoms with Gasteiger partial charge in [0.05, 0.1) is 16.1 Å². The number of nitrogens with zero attached hydrogens (tertiary/aromatic N) is 1. The minimum atomic E-state index is -0.659. The van der Waals surface area contributed by atoms with E-state index in [1.165, 1.54) is 24.3 Å². The molecule has 0 radical (unpaired) electrons. The van der Waals surface area contributed by atoms with Gasteiger partial charge in [0.2, 0.25) is 0 Å². The van der Waals surface area contributed by atoms with Crippen molar-refractivity contribution in [1.29, 1.82) is 0 Å². The van der Waals surface area contributed by atoms with E-state index in [0.717, 1.165) is 0 Å². The molecule has 0 aliphatic heterocycles. The van der Waals surface area contributed by atoms with Gasteiger partial charge in [-0.15, -0.1) is 0 Å². The summed E-state index contributed by atoms with van der Waals surface area (Å²) in [6.45, 7) is 0. The summed E-state index contributed by atoms with van der Waals surface area (Å²) in [5, 5.41) is 11.0. The highest BCUT2D eigenvalue weighted by Gasteiger charge is 2.16. The molecule has 1 aromatic heterocycles. The van der Waals surface area contributed by atoms with E-state index in [1.54, 1.807) is 0 Å². The van der Waals surface area contributed by atoms with Gasteiger partial charge in [-0.2, -0.15) is 0 Å². The Morgan fingerprint density at radius 2 is 1.94 bits per heavy atom. The molecule has 7 heteroatoms. The van der Waals surface area contributed by atoms with E-state index >= 15 is 0 Å². The van der Waals surface area contributed by atoms with Crippen molar-refractivity contribution >= 4 is 35.4 Å². The molecule has 0 N–H and O–H groups in total. The van der Waals surface area contributed by atoms with Crippen LogP contribution >= 0.6 is 23.2 Å². The van der Waals surface area contributed by atoms with Crippen molar-refractivity contribution in [2.24, 2.45) is 0 Å². The number of carbonyl (C=O) groups is 1. The lowest BCUT2D eigenvalue weighted by Crippen LogP contribution is -1.86. The molecule has 0 bridgehead atoms. The third-order valence-electron chi connectivity index (χ3n) is 2.25. The number of nitro groups is 1. The molecule has 0 atom stereocenters. The molecule has 0 aliphatic rings. The molecule has 2 aromatic rings. The van der Waals surface area contributed by atoms with E-state index in [1.807, 2.05) is 0 Å². The highest BCUT2D eigenvalue weighted by atomic mass is 35.5. The molecule has 0 spiro atoms. The number of carbonyl (C=O) groups excluding carboxylic acids is 1. The molecule has 18 heavy (non-hydrogen) atoms. The lowest BCUT2D eigenvalue weighted by atomic mass is 10.1. The molecule has 1 aromatic carbocycles. The molecule has 5 nitrogen and oxygen atoms in total. The number of hydrogen-bond acceptors (Lipinski definition) is 4. The summed E-state index contributed by atoms with van der Waals surface area (Å²) < 4.78 is 5.01. The summed E-state index contributed by atoms with van der Waals surface area (Å²) in [5.41, 5.74) is 0.603. The topological polar surface area (TPSA) is 73.3 Å². The van der Waals surface area contributed by atoms with Crippen molar-refractivity contribution in [1.82, 2.24) is 0 Å². The summed E-state index contributed by atoms with van der Waals surface area (Å²) in [6, 6.07) is 5.42. The van der Waals surface area contributed by atoms with Crippen molar-refractivity contribution < 1.29 is 14.1 Å². The van der Waals surface area contributed by atoms with Crippen molar-refractivity contribution in [3.05, 3.63) is 50.0 Å². The van der Waals surface area contributed by atoms with Crippen LogP contribution in [0, 0.1) is 10.1 Å². The first kappa shape index (κ1) is 12.6. The third-order valence-corrected chi connectivity index (χ3v) is 2.89. The summed E-state index contributed by atoms with van der Waals surface area (Å²) in [4.78, 5) is 20.6. The van der Waals surface area contributed by atoms with Crippen LogP contribution in [0.15, 0.2) is 28.7 Å². The molecule has 2 rings (SSSR count). The van der Waals surface area contributed by atoms with Gasteiger partial charge >= 0.3 is 5.88 Å². The maximum Gasteiger partial charge on any atom is 0.433 e. The van der Waals surface area contributed by atoms with Gasteiger partial charge in [-0.1, -0.05) is 23.2 Å². The van der Waals surface area contributed by atoms with Crippen LogP contribution in [0.2, 0.25) is 10.0 Å². The van der Waals surface area contributed by atoms with Crippen LogP contribution in [-0.4, -0.2) is 11.2 Å². The van der Waals surface area contributed by atoms with Crippen molar-refractivity contribution in [2.75, 3.05) is 0 Å². The standard InChI is InChI=1S/C11H5Cl2NO4/c12-8-4-9(13)7(3-6(8)5-15)10-1-2-11(18-10)14(16)17/h1-5H. The summed E-state index contributed by atoms with van der Waals surface area (Å²) in [7, 11) is 0. The third kappa shape index (κ3) is 2.23. The number of furan rings is 1. The Bertz CT molecular complexity index is 636. The van der Waals surface area contributed by atoms with Gasteiger partial charge in [0.15, 0.2) is 6.29 Å². The quantitative estimate of drug-likeness (QED) is 0.486. The van der Waals surface area contributed by atoms with Gasteiger partial charge in [0, 0.05) is 11.1 Å². The molecular weight excluding hydrogens is 281 g/mol. The van der Waals surface area contributed by atoms with Gasteiger partial charge in [-0.3, -0.25) is 14.9 Å². The molecule has 0 amide bonds. The highest BCUT2D eigenvalue weighted by Crippen LogP contribution is 2.34. The van der Waals surface area contributed by atoms with Crippen LogP contribution in [0.4, 0.5) is 5.88 Å². The monoisotopic (exact) mass is 285 g/mol. The Hall–Kier alpha value is -1.85. The number of rotatable bonds is 3. The minimum absolute atomic E-state index is 0.200. The van der Waals surface area contributed by atoms with Gasteiger partial charge in [-0.05, 0) is 18.2 Å². The van der Waals surface area contributed by atoms with E-state index in [2.05, 4.69) is 0 Å². The molecular formula is C11H5Cl2NO4. The normalized spacial score (nSPS) is 10.3. The molecule has 0 unspecified atom stereocenters. The summed E-state index contributed by atoms with van der Waals surface area (Å²) in [5.74, 6) is -0.199. The largest absolute Gasteiger partial charge is 0.433 e. The number of benzene rings is 1. The van der Waals surface area contributed by atoms with Crippen LogP contribution in [0.25, 0.3) is 11.3 Å². The lowest BCUT2D eigenvalue weighted by Gasteiger charge is -2.03. The molecule has 0 aliphatic carbocycles. The predicted octanol–water partition coefficient (Wildman–Crippen LogP) is 3.97. The Morgan fingerprint density at radius 1 is 1.22 bits per heavy atom. The maximum absolute atomic E-state index is 10.8. The lowest BCUT2D eigenvalue weighted by molar-refractivity contribution is -0.401. The SMILES string of the molecule is O=Cc1cc(-c2ccc([N+](=O)[O-])o2)c(Cl)cc1Cl. The Morgan fingerprint density at radius 3 is 2.50 bits per heavy atom. The first-order valence-electron chi connectivity index (χ1n) is 4.71. The number of halogens is 2. The second-order valence-corrected chi connectivity index (χ2v) is 4.18. The molecule has 92 valence electrons. The summed E-state index contributed by atoms with van der Waals surface area (Å²) in [6.07, 6.45) is 0.569. The van der Waals surface area contributed by atoms with E-state index < -0.39 is 10.8 Å². The molecule has 0 saturated carbocycles. The number of aldehydes is 1. The van der Waals surface area contributed by atoms with Crippen molar-refractivity contribution in [2.45, 2.75) is 0 Å². The highest BCUT2D eigenvalue weighted by molar-refractivity contribution is 6.37.